The summed E-state index contributed by atoms with van der Waals surface area (Å²) in [6.07, 6.45) is 3.49. The van der Waals surface area contributed by atoms with Gasteiger partial charge in [0.1, 0.15) is 5.75 Å². The second-order valence-electron chi connectivity index (χ2n) is 5.57. The van der Waals surface area contributed by atoms with E-state index in [2.05, 4.69) is 10.2 Å². The highest BCUT2D eigenvalue weighted by molar-refractivity contribution is 5.78. The zero-order valence-electron chi connectivity index (χ0n) is 11.5. The lowest BCUT2D eigenvalue weighted by atomic mass is 10.1. The van der Waals surface area contributed by atoms with Crippen molar-refractivity contribution in [1.29, 1.82) is 0 Å². The maximum absolute atomic E-state index is 12.0. The lowest BCUT2D eigenvalue weighted by Gasteiger charge is -2.21. The molecule has 2 aliphatic rings. The molecule has 2 atom stereocenters. The first kappa shape index (κ1) is 13.2. The van der Waals surface area contributed by atoms with Gasteiger partial charge in [-0.05, 0) is 37.9 Å². The molecule has 108 valence electrons. The summed E-state index contributed by atoms with van der Waals surface area (Å²) in [5.74, 6) is 0.584. The number of hydrogen-bond acceptors (Lipinski definition) is 4. The Bertz CT molecular complexity index is 492. The van der Waals surface area contributed by atoms with Gasteiger partial charge in [-0.1, -0.05) is 6.07 Å². The van der Waals surface area contributed by atoms with Crippen LogP contribution in [-0.2, 0) is 4.79 Å². The Labute approximate surface area is 119 Å². The van der Waals surface area contributed by atoms with E-state index >= 15 is 0 Å². The van der Waals surface area contributed by atoms with E-state index < -0.39 is 0 Å². The minimum atomic E-state index is -0.0498. The van der Waals surface area contributed by atoms with E-state index in [9.17, 15) is 4.79 Å². The van der Waals surface area contributed by atoms with Crippen LogP contribution in [0.15, 0.2) is 24.3 Å². The van der Waals surface area contributed by atoms with Gasteiger partial charge in [0, 0.05) is 30.4 Å². The Kier molecular flexibility index (Phi) is 3.78. The van der Waals surface area contributed by atoms with Crippen molar-refractivity contribution in [1.82, 2.24) is 10.2 Å². The van der Waals surface area contributed by atoms with Crippen LogP contribution in [0, 0.1) is 0 Å². The third-order valence-electron chi connectivity index (χ3n) is 4.18. The number of ether oxygens (including phenoxy) is 1. The number of carbonyl (C=O) groups is 1. The summed E-state index contributed by atoms with van der Waals surface area (Å²) in [5.41, 5.74) is 6.31. The number of hydrogen-bond donors (Lipinski definition) is 2. The molecule has 2 saturated heterocycles. The maximum atomic E-state index is 12.0. The molecule has 1 aromatic rings. The van der Waals surface area contributed by atoms with Crippen LogP contribution in [0.25, 0.3) is 0 Å². The topological polar surface area (TPSA) is 67.6 Å². The first-order valence-corrected chi connectivity index (χ1v) is 7.24. The maximum Gasteiger partial charge on any atom is 0.258 e. The van der Waals surface area contributed by atoms with Crippen molar-refractivity contribution in [3.8, 4) is 5.75 Å². The van der Waals surface area contributed by atoms with Crippen molar-refractivity contribution in [2.24, 2.45) is 0 Å². The van der Waals surface area contributed by atoms with Gasteiger partial charge in [0.05, 0.1) is 0 Å². The number of benzene rings is 1. The minimum Gasteiger partial charge on any atom is -0.484 e. The van der Waals surface area contributed by atoms with E-state index in [0.29, 0.717) is 17.5 Å². The highest BCUT2D eigenvalue weighted by Crippen LogP contribution is 2.27. The standard InChI is InChI=1S/C15H21N3O2/c16-11-3-1-4-12(9-11)20-10-15(19)17-13-6-8-18-7-2-5-14(13)18/h1,3-4,9,13-14H,2,5-8,10,16H2,(H,17,19). The van der Waals surface area contributed by atoms with Crippen molar-refractivity contribution >= 4 is 11.6 Å². The third-order valence-corrected chi connectivity index (χ3v) is 4.18. The van der Waals surface area contributed by atoms with Crippen LogP contribution in [0.3, 0.4) is 0 Å². The van der Waals surface area contributed by atoms with Gasteiger partial charge in [0.2, 0.25) is 0 Å². The fourth-order valence-corrected chi connectivity index (χ4v) is 3.25. The average Bonchev–Trinajstić information content (AvgIpc) is 3.02. The lowest BCUT2D eigenvalue weighted by molar-refractivity contribution is -0.123. The Morgan fingerprint density at radius 3 is 3.15 bits per heavy atom. The Hall–Kier alpha value is -1.75. The highest BCUT2D eigenvalue weighted by Gasteiger charge is 2.37. The zero-order valence-corrected chi connectivity index (χ0v) is 11.5. The normalized spacial score (nSPS) is 25.4. The van der Waals surface area contributed by atoms with E-state index in [1.807, 2.05) is 6.07 Å². The first-order chi connectivity index (χ1) is 9.72. The van der Waals surface area contributed by atoms with E-state index in [1.165, 1.54) is 19.4 Å². The summed E-state index contributed by atoms with van der Waals surface area (Å²) < 4.78 is 5.46. The van der Waals surface area contributed by atoms with E-state index in [-0.39, 0.29) is 18.6 Å². The summed E-state index contributed by atoms with van der Waals surface area (Å²) in [4.78, 5) is 14.4. The molecular weight excluding hydrogens is 254 g/mol. The van der Waals surface area contributed by atoms with E-state index in [4.69, 9.17) is 10.5 Å². The number of nitrogens with two attached hydrogens (primary N) is 1. The van der Waals surface area contributed by atoms with Gasteiger partial charge in [-0.25, -0.2) is 0 Å². The molecule has 0 saturated carbocycles. The predicted octanol–water partition coefficient (Wildman–Crippen LogP) is 1.00. The van der Waals surface area contributed by atoms with E-state index in [0.717, 1.165) is 13.0 Å². The molecular formula is C15H21N3O2. The van der Waals surface area contributed by atoms with Crippen molar-refractivity contribution in [2.75, 3.05) is 25.4 Å². The summed E-state index contributed by atoms with van der Waals surface area (Å²) in [5, 5.41) is 3.10. The van der Waals surface area contributed by atoms with Crippen LogP contribution in [0.5, 0.6) is 5.75 Å². The Morgan fingerprint density at radius 1 is 1.40 bits per heavy atom. The number of anilines is 1. The van der Waals surface area contributed by atoms with Gasteiger partial charge in [-0.3, -0.25) is 9.69 Å². The van der Waals surface area contributed by atoms with Gasteiger partial charge >= 0.3 is 0 Å². The molecule has 1 amide bonds. The molecule has 20 heavy (non-hydrogen) atoms. The number of nitrogen functional groups attached to an aromatic ring is 1. The molecule has 0 radical (unpaired) electrons. The smallest absolute Gasteiger partial charge is 0.258 e. The van der Waals surface area contributed by atoms with Gasteiger partial charge in [0.25, 0.3) is 5.91 Å². The Morgan fingerprint density at radius 2 is 2.30 bits per heavy atom. The Balaban J connectivity index is 1.48. The molecule has 5 heteroatoms. The summed E-state index contributed by atoms with van der Waals surface area (Å²) in [6.45, 7) is 2.33. The van der Waals surface area contributed by atoms with Crippen LogP contribution in [0.1, 0.15) is 19.3 Å². The van der Waals surface area contributed by atoms with Crippen molar-refractivity contribution in [2.45, 2.75) is 31.3 Å². The molecule has 2 aliphatic heterocycles. The minimum absolute atomic E-state index is 0.0483. The second kappa shape index (κ2) is 5.71. The number of nitrogens with zero attached hydrogens (tertiary/aromatic N) is 1. The van der Waals surface area contributed by atoms with Crippen LogP contribution in [0.2, 0.25) is 0 Å². The molecule has 0 spiro atoms. The van der Waals surface area contributed by atoms with Crippen molar-refractivity contribution in [3.05, 3.63) is 24.3 Å². The quantitative estimate of drug-likeness (QED) is 0.805. The number of carbonyl (C=O) groups excluding carboxylic acids is 1. The predicted molar refractivity (Wildman–Crippen MR) is 77.5 cm³/mol. The van der Waals surface area contributed by atoms with Gasteiger partial charge in [-0.15, -0.1) is 0 Å². The average molecular weight is 275 g/mol. The number of rotatable bonds is 4. The fourth-order valence-electron chi connectivity index (χ4n) is 3.25. The zero-order chi connectivity index (χ0) is 13.9. The summed E-state index contributed by atoms with van der Waals surface area (Å²) >= 11 is 0. The molecule has 0 aliphatic carbocycles. The fraction of sp³-hybridized carbons (Fsp3) is 0.533. The summed E-state index contributed by atoms with van der Waals surface area (Å²) in [7, 11) is 0. The van der Waals surface area contributed by atoms with Gasteiger partial charge in [-0.2, -0.15) is 0 Å². The molecule has 2 unspecified atom stereocenters. The molecule has 3 N–H and O–H groups in total. The highest BCUT2D eigenvalue weighted by atomic mass is 16.5. The van der Waals surface area contributed by atoms with Gasteiger partial charge < -0.3 is 15.8 Å². The van der Waals surface area contributed by atoms with Crippen LogP contribution < -0.4 is 15.8 Å². The molecule has 0 bridgehead atoms. The number of fused-ring (bicyclic) bond motifs is 1. The van der Waals surface area contributed by atoms with Crippen molar-refractivity contribution < 1.29 is 9.53 Å². The lowest BCUT2D eigenvalue weighted by Crippen LogP contribution is -2.44. The van der Waals surface area contributed by atoms with Crippen LogP contribution >= 0.6 is 0 Å². The molecule has 2 fully saturated rings. The molecule has 2 heterocycles. The SMILES string of the molecule is Nc1cccc(OCC(=O)NC2CCN3CCCC23)c1. The summed E-state index contributed by atoms with van der Waals surface area (Å²) in [6, 6.07) is 7.95. The van der Waals surface area contributed by atoms with Crippen LogP contribution in [0.4, 0.5) is 5.69 Å². The largest absolute Gasteiger partial charge is 0.484 e. The van der Waals surface area contributed by atoms with Gasteiger partial charge in [0.15, 0.2) is 6.61 Å². The second-order valence-corrected chi connectivity index (χ2v) is 5.57. The molecule has 5 nitrogen and oxygen atoms in total. The monoisotopic (exact) mass is 275 g/mol. The van der Waals surface area contributed by atoms with Crippen molar-refractivity contribution in [3.63, 3.8) is 0 Å². The first-order valence-electron chi connectivity index (χ1n) is 7.24. The van der Waals surface area contributed by atoms with E-state index in [1.54, 1.807) is 18.2 Å². The third kappa shape index (κ3) is 2.88. The molecule has 1 aromatic carbocycles. The van der Waals surface area contributed by atoms with Crippen LogP contribution in [-0.4, -0.2) is 42.6 Å². The number of nitrogens with one attached hydrogen (secondary N) is 1. The molecule has 0 aromatic heterocycles. The molecule has 3 rings (SSSR count). The number of amides is 1.